The minimum absolute atomic E-state index is 0.397. The summed E-state index contributed by atoms with van der Waals surface area (Å²) in [5.41, 5.74) is 1.62. The summed E-state index contributed by atoms with van der Waals surface area (Å²) < 4.78 is 17.2. The third-order valence-corrected chi connectivity index (χ3v) is 4.47. The SMILES string of the molecule is CC1(C)OB(c2conc2-c2ccc(Cl)cc2)OC1(C)C. The van der Waals surface area contributed by atoms with E-state index in [1.54, 1.807) is 6.26 Å². The number of halogens is 1. The summed E-state index contributed by atoms with van der Waals surface area (Å²) in [6.07, 6.45) is 1.58. The van der Waals surface area contributed by atoms with Crippen molar-refractivity contribution in [1.29, 1.82) is 0 Å². The van der Waals surface area contributed by atoms with Gasteiger partial charge in [-0.2, -0.15) is 0 Å². The average molecular weight is 306 g/mol. The lowest BCUT2D eigenvalue weighted by atomic mass is 9.78. The van der Waals surface area contributed by atoms with Crippen LogP contribution in [0.15, 0.2) is 35.1 Å². The second-order valence-corrected chi connectivity index (χ2v) is 6.65. The van der Waals surface area contributed by atoms with Crippen molar-refractivity contribution >= 4 is 24.2 Å². The fourth-order valence-corrected chi connectivity index (χ4v) is 2.33. The van der Waals surface area contributed by atoms with Gasteiger partial charge < -0.3 is 13.8 Å². The number of nitrogens with zero attached hydrogens (tertiary/aromatic N) is 1. The largest absolute Gasteiger partial charge is 0.500 e. The predicted molar refractivity (Wildman–Crippen MR) is 82.7 cm³/mol. The Hall–Kier alpha value is -1.30. The van der Waals surface area contributed by atoms with Crippen LogP contribution in [0.3, 0.4) is 0 Å². The summed E-state index contributed by atoms with van der Waals surface area (Å²) in [7, 11) is -0.494. The van der Waals surface area contributed by atoms with E-state index in [2.05, 4.69) is 5.16 Å². The molecule has 0 unspecified atom stereocenters. The first-order valence-corrected chi connectivity index (χ1v) is 7.24. The molecule has 4 nitrogen and oxygen atoms in total. The smallest absolute Gasteiger partial charge is 0.399 e. The molecule has 6 heteroatoms. The summed E-state index contributed by atoms with van der Waals surface area (Å²) in [5.74, 6) is 0. The first-order chi connectivity index (χ1) is 9.80. The average Bonchev–Trinajstić information content (AvgIpc) is 2.94. The molecule has 0 bridgehead atoms. The van der Waals surface area contributed by atoms with Gasteiger partial charge in [0, 0.05) is 10.6 Å². The Kier molecular flexibility index (Phi) is 3.39. The molecule has 1 aromatic heterocycles. The molecule has 0 saturated carbocycles. The van der Waals surface area contributed by atoms with Gasteiger partial charge in [-0.15, -0.1) is 0 Å². The van der Waals surface area contributed by atoms with Crippen LogP contribution in [0.25, 0.3) is 11.3 Å². The molecule has 21 heavy (non-hydrogen) atoms. The quantitative estimate of drug-likeness (QED) is 0.799. The summed E-state index contributed by atoms with van der Waals surface area (Å²) in [5, 5.41) is 4.76. The fourth-order valence-electron chi connectivity index (χ4n) is 2.21. The van der Waals surface area contributed by atoms with Crippen LogP contribution in [-0.2, 0) is 9.31 Å². The van der Waals surface area contributed by atoms with Crippen molar-refractivity contribution in [1.82, 2.24) is 5.16 Å². The number of hydrogen-bond donors (Lipinski definition) is 0. The van der Waals surface area contributed by atoms with Crippen LogP contribution in [0.2, 0.25) is 5.02 Å². The molecule has 0 aliphatic carbocycles. The van der Waals surface area contributed by atoms with Gasteiger partial charge in [0.25, 0.3) is 0 Å². The molecule has 2 heterocycles. The van der Waals surface area contributed by atoms with Gasteiger partial charge in [-0.1, -0.05) is 28.9 Å². The lowest BCUT2D eigenvalue weighted by molar-refractivity contribution is 0.00578. The number of hydrogen-bond acceptors (Lipinski definition) is 4. The molecule has 1 aliphatic heterocycles. The molecular formula is C15H17BClNO3. The van der Waals surface area contributed by atoms with Crippen LogP contribution in [-0.4, -0.2) is 23.5 Å². The van der Waals surface area contributed by atoms with Crippen molar-refractivity contribution in [2.45, 2.75) is 38.9 Å². The van der Waals surface area contributed by atoms with E-state index in [-0.39, 0.29) is 0 Å². The van der Waals surface area contributed by atoms with Crippen LogP contribution < -0.4 is 5.46 Å². The van der Waals surface area contributed by atoms with Crippen LogP contribution in [0.4, 0.5) is 0 Å². The molecule has 0 atom stereocenters. The molecule has 1 saturated heterocycles. The molecule has 110 valence electrons. The topological polar surface area (TPSA) is 44.5 Å². The minimum Gasteiger partial charge on any atom is -0.399 e. The molecule has 3 rings (SSSR count). The zero-order valence-corrected chi connectivity index (χ0v) is 13.3. The molecular weight excluding hydrogens is 288 g/mol. The number of rotatable bonds is 2. The highest BCUT2D eigenvalue weighted by Gasteiger charge is 2.53. The van der Waals surface area contributed by atoms with Crippen molar-refractivity contribution in [2.75, 3.05) is 0 Å². The Morgan fingerprint density at radius 3 is 2.14 bits per heavy atom. The maximum absolute atomic E-state index is 6.05. The highest BCUT2D eigenvalue weighted by atomic mass is 35.5. The van der Waals surface area contributed by atoms with Crippen LogP contribution in [0, 0.1) is 0 Å². The first kappa shape index (κ1) is 14.6. The summed E-state index contributed by atoms with van der Waals surface area (Å²) in [6.45, 7) is 8.07. The summed E-state index contributed by atoms with van der Waals surface area (Å²) >= 11 is 5.92. The predicted octanol–water partition coefficient (Wildman–Crippen LogP) is 3.29. The van der Waals surface area contributed by atoms with Gasteiger partial charge in [-0.3, -0.25) is 0 Å². The van der Waals surface area contributed by atoms with E-state index >= 15 is 0 Å². The van der Waals surface area contributed by atoms with Gasteiger partial charge in [0.2, 0.25) is 0 Å². The molecule has 0 radical (unpaired) electrons. The van der Waals surface area contributed by atoms with Crippen molar-refractivity contribution in [3.63, 3.8) is 0 Å². The maximum Gasteiger partial charge on any atom is 0.500 e. The highest BCUT2D eigenvalue weighted by molar-refractivity contribution is 6.63. The molecule has 0 N–H and O–H groups in total. The minimum atomic E-state index is -0.494. The normalized spacial score (nSPS) is 20.0. The molecule has 0 spiro atoms. The Labute approximate surface area is 129 Å². The van der Waals surface area contributed by atoms with Gasteiger partial charge >= 0.3 is 7.12 Å². The van der Waals surface area contributed by atoms with Gasteiger partial charge in [0.1, 0.15) is 12.0 Å². The van der Waals surface area contributed by atoms with Crippen molar-refractivity contribution in [3.8, 4) is 11.3 Å². The van der Waals surface area contributed by atoms with Crippen LogP contribution >= 0.6 is 11.6 Å². The van der Waals surface area contributed by atoms with Gasteiger partial charge in [-0.25, -0.2) is 0 Å². The zero-order chi connectivity index (χ0) is 15.3. The Morgan fingerprint density at radius 1 is 1.00 bits per heavy atom. The lowest BCUT2D eigenvalue weighted by Gasteiger charge is -2.32. The van der Waals surface area contributed by atoms with Crippen molar-refractivity contribution in [2.24, 2.45) is 0 Å². The Balaban J connectivity index is 1.96. The zero-order valence-electron chi connectivity index (χ0n) is 12.5. The van der Waals surface area contributed by atoms with Gasteiger partial charge in [-0.05, 0) is 39.8 Å². The van der Waals surface area contributed by atoms with E-state index in [9.17, 15) is 0 Å². The van der Waals surface area contributed by atoms with E-state index in [4.69, 9.17) is 25.4 Å². The molecule has 2 aromatic rings. The monoisotopic (exact) mass is 305 g/mol. The second kappa shape index (κ2) is 4.87. The van der Waals surface area contributed by atoms with E-state index in [0.29, 0.717) is 10.7 Å². The van der Waals surface area contributed by atoms with E-state index in [1.165, 1.54) is 0 Å². The third kappa shape index (κ3) is 2.50. The standard InChI is InChI=1S/C15H17BClNO3/c1-14(2)15(3,4)21-16(20-14)12-9-19-18-13(12)10-5-7-11(17)8-6-10/h5-9H,1-4H3. The molecule has 1 aromatic carbocycles. The summed E-state index contributed by atoms with van der Waals surface area (Å²) in [6, 6.07) is 7.43. The first-order valence-electron chi connectivity index (χ1n) is 6.86. The van der Waals surface area contributed by atoms with Crippen LogP contribution in [0.1, 0.15) is 27.7 Å². The van der Waals surface area contributed by atoms with E-state index < -0.39 is 18.3 Å². The van der Waals surface area contributed by atoms with Crippen molar-refractivity contribution < 1.29 is 13.8 Å². The maximum atomic E-state index is 6.05. The molecule has 1 fully saturated rings. The van der Waals surface area contributed by atoms with Crippen molar-refractivity contribution in [3.05, 3.63) is 35.6 Å². The number of benzene rings is 1. The van der Waals surface area contributed by atoms with E-state index in [1.807, 2.05) is 52.0 Å². The van der Waals surface area contributed by atoms with E-state index in [0.717, 1.165) is 11.0 Å². The Bertz CT molecular complexity index is 635. The second-order valence-electron chi connectivity index (χ2n) is 6.21. The molecule has 0 amide bonds. The fraction of sp³-hybridized carbons (Fsp3) is 0.400. The van der Waals surface area contributed by atoms with Gasteiger partial charge in [0.05, 0.1) is 16.7 Å². The number of aromatic nitrogens is 1. The lowest BCUT2D eigenvalue weighted by Crippen LogP contribution is -2.41. The molecule has 1 aliphatic rings. The Morgan fingerprint density at radius 2 is 1.57 bits per heavy atom. The third-order valence-electron chi connectivity index (χ3n) is 4.22. The summed E-state index contributed by atoms with van der Waals surface area (Å²) in [4.78, 5) is 0. The highest BCUT2D eigenvalue weighted by Crippen LogP contribution is 2.37. The van der Waals surface area contributed by atoms with Crippen LogP contribution in [0.5, 0.6) is 0 Å². The van der Waals surface area contributed by atoms with Gasteiger partial charge in [0.15, 0.2) is 0 Å².